The van der Waals surface area contributed by atoms with Crippen molar-refractivity contribution in [3.63, 3.8) is 0 Å². The zero-order valence-electron chi connectivity index (χ0n) is 12.1. The Morgan fingerprint density at radius 1 is 1.29 bits per heavy atom. The van der Waals surface area contributed by atoms with Crippen molar-refractivity contribution in [2.75, 3.05) is 18.8 Å². The highest BCUT2D eigenvalue weighted by Gasteiger charge is 2.31. The first-order valence-corrected chi connectivity index (χ1v) is 9.28. The van der Waals surface area contributed by atoms with Crippen molar-refractivity contribution in [1.82, 2.24) is 20.5 Å². The summed E-state index contributed by atoms with van der Waals surface area (Å²) in [6, 6.07) is 0.418. The molecule has 1 atom stereocenters. The van der Waals surface area contributed by atoms with Crippen LogP contribution in [0.1, 0.15) is 32.6 Å². The number of sulfonamides is 1. The van der Waals surface area contributed by atoms with Gasteiger partial charge in [0.1, 0.15) is 0 Å². The van der Waals surface area contributed by atoms with Crippen molar-refractivity contribution in [2.45, 2.75) is 38.6 Å². The second-order valence-electron chi connectivity index (χ2n) is 5.46. The first-order valence-electron chi connectivity index (χ1n) is 7.26. The number of hydrogen-bond donors (Lipinski definition) is 3. The number of carbonyl (C=O) groups excluding carboxylic acids is 1. The van der Waals surface area contributed by atoms with Gasteiger partial charge in [0.2, 0.25) is 15.9 Å². The third-order valence-corrected chi connectivity index (χ3v) is 5.79. The van der Waals surface area contributed by atoms with Gasteiger partial charge in [0.05, 0.1) is 11.7 Å². The summed E-state index contributed by atoms with van der Waals surface area (Å²) in [7, 11) is -3.23. The van der Waals surface area contributed by atoms with E-state index in [4.69, 9.17) is 12.2 Å². The van der Waals surface area contributed by atoms with Gasteiger partial charge in [-0.15, -0.1) is 0 Å². The number of thiocarbonyl (C=S) groups is 1. The van der Waals surface area contributed by atoms with Crippen LogP contribution in [0.4, 0.5) is 0 Å². The highest BCUT2D eigenvalue weighted by atomic mass is 32.2. The molecule has 3 N–H and O–H groups in total. The molecule has 21 heavy (non-hydrogen) atoms. The van der Waals surface area contributed by atoms with Crippen molar-refractivity contribution >= 4 is 33.3 Å². The van der Waals surface area contributed by atoms with Crippen LogP contribution in [0.25, 0.3) is 0 Å². The van der Waals surface area contributed by atoms with Crippen molar-refractivity contribution in [2.24, 2.45) is 5.92 Å². The van der Waals surface area contributed by atoms with Gasteiger partial charge in [0.15, 0.2) is 5.11 Å². The molecule has 2 fully saturated rings. The largest absolute Gasteiger partial charge is 0.359 e. The van der Waals surface area contributed by atoms with E-state index >= 15 is 0 Å². The number of amides is 1. The molecule has 2 aliphatic rings. The van der Waals surface area contributed by atoms with Gasteiger partial charge in [-0.1, -0.05) is 0 Å². The van der Waals surface area contributed by atoms with E-state index < -0.39 is 10.0 Å². The monoisotopic (exact) mass is 334 g/mol. The number of hydrazine groups is 1. The third kappa shape index (κ3) is 4.79. The van der Waals surface area contributed by atoms with Gasteiger partial charge < -0.3 is 5.32 Å². The summed E-state index contributed by atoms with van der Waals surface area (Å²) >= 11 is 5.05. The van der Waals surface area contributed by atoms with E-state index in [0.29, 0.717) is 30.5 Å². The first kappa shape index (κ1) is 16.4. The Balaban J connectivity index is 1.79. The van der Waals surface area contributed by atoms with Crippen LogP contribution in [0.3, 0.4) is 0 Å². The molecule has 1 amide bonds. The molecule has 0 bridgehead atoms. The summed E-state index contributed by atoms with van der Waals surface area (Å²) in [5, 5.41) is 3.46. The van der Waals surface area contributed by atoms with E-state index in [2.05, 4.69) is 16.2 Å². The van der Waals surface area contributed by atoms with Crippen LogP contribution >= 0.6 is 12.2 Å². The lowest BCUT2D eigenvalue weighted by Crippen LogP contribution is -2.52. The van der Waals surface area contributed by atoms with E-state index in [0.717, 1.165) is 12.8 Å². The molecule has 0 aromatic carbocycles. The molecule has 9 heteroatoms. The molecule has 0 spiro atoms. The molecular formula is C12H22N4O3S2. The van der Waals surface area contributed by atoms with Crippen LogP contribution in [0.2, 0.25) is 0 Å². The quantitative estimate of drug-likeness (QED) is 0.483. The zero-order valence-corrected chi connectivity index (χ0v) is 13.7. The normalized spacial score (nSPS) is 23.4. The van der Waals surface area contributed by atoms with Gasteiger partial charge in [-0.3, -0.25) is 15.6 Å². The maximum atomic E-state index is 12.1. The average molecular weight is 334 g/mol. The maximum absolute atomic E-state index is 12.1. The van der Waals surface area contributed by atoms with Crippen molar-refractivity contribution in [3.05, 3.63) is 0 Å². The summed E-state index contributed by atoms with van der Waals surface area (Å²) in [6.45, 7) is 2.35. The minimum atomic E-state index is -3.23. The summed E-state index contributed by atoms with van der Waals surface area (Å²) in [5.74, 6) is -0.489. The summed E-state index contributed by atoms with van der Waals surface area (Å²) in [4.78, 5) is 12.1. The molecule has 1 aliphatic carbocycles. The standard InChI is InChI=1S/C12H22N4O3S2/c1-2-21(18,19)16-7-3-4-9(8-16)11(17)14-15-12(20)13-10-5-6-10/h9-10H,2-8H2,1H3,(H,14,17)(H2,13,15,20). The molecule has 2 rings (SSSR count). The van der Waals surface area contributed by atoms with Gasteiger partial charge in [-0.25, -0.2) is 12.7 Å². The fourth-order valence-corrected chi connectivity index (χ4v) is 3.66. The van der Waals surface area contributed by atoms with Gasteiger partial charge >= 0.3 is 0 Å². The molecular weight excluding hydrogens is 312 g/mol. The average Bonchev–Trinajstić information content (AvgIpc) is 3.28. The number of hydrogen-bond acceptors (Lipinski definition) is 4. The van der Waals surface area contributed by atoms with Crippen LogP contribution in [0.5, 0.6) is 0 Å². The lowest BCUT2D eigenvalue weighted by Gasteiger charge is -2.30. The lowest BCUT2D eigenvalue weighted by molar-refractivity contribution is -0.126. The summed E-state index contributed by atoms with van der Waals surface area (Å²) in [6.07, 6.45) is 3.58. The third-order valence-electron chi connectivity index (χ3n) is 3.72. The number of nitrogens with zero attached hydrogens (tertiary/aromatic N) is 1. The van der Waals surface area contributed by atoms with Crippen molar-refractivity contribution in [3.8, 4) is 0 Å². The fourth-order valence-electron chi connectivity index (χ4n) is 2.26. The SMILES string of the molecule is CCS(=O)(=O)N1CCCC(C(=O)NNC(=S)NC2CC2)C1. The molecule has 0 aromatic heterocycles. The van der Waals surface area contributed by atoms with Crippen LogP contribution in [-0.4, -0.2) is 48.6 Å². The second kappa shape index (κ2) is 6.89. The van der Waals surface area contributed by atoms with E-state index in [1.165, 1.54) is 4.31 Å². The first-order chi connectivity index (χ1) is 9.92. The molecule has 1 saturated heterocycles. The van der Waals surface area contributed by atoms with Gasteiger partial charge in [0.25, 0.3) is 0 Å². The van der Waals surface area contributed by atoms with Gasteiger partial charge in [-0.2, -0.15) is 0 Å². The Hall–Kier alpha value is -0.930. The predicted molar refractivity (Wildman–Crippen MR) is 83.8 cm³/mol. The smallest absolute Gasteiger partial charge is 0.242 e. The number of carbonyl (C=O) groups is 1. The Morgan fingerprint density at radius 2 is 2.00 bits per heavy atom. The molecule has 1 unspecified atom stereocenters. The summed E-state index contributed by atoms with van der Waals surface area (Å²) in [5.41, 5.74) is 5.23. The zero-order chi connectivity index (χ0) is 15.5. The molecule has 120 valence electrons. The summed E-state index contributed by atoms with van der Waals surface area (Å²) < 4.78 is 25.1. The van der Waals surface area contributed by atoms with Crippen molar-refractivity contribution < 1.29 is 13.2 Å². The number of piperidine rings is 1. The lowest BCUT2D eigenvalue weighted by atomic mass is 9.99. The molecule has 0 radical (unpaired) electrons. The minimum Gasteiger partial charge on any atom is -0.359 e. The van der Waals surface area contributed by atoms with Crippen LogP contribution in [0, 0.1) is 5.92 Å². The molecule has 1 aliphatic heterocycles. The molecule has 0 aromatic rings. The molecule has 1 heterocycles. The van der Waals surface area contributed by atoms with Gasteiger partial charge in [-0.05, 0) is 44.8 Å². The van der Waals surface area contributed by atoms with E-state index in [-0.39, 0.29) is 24.1 Å². The van der Waals surface area contributed by atoms with Crippen LogP contribution in [-0.2, 0) is 14.8 Å². The molecule has 1 saturated carbocycles. The number of rotatable bonds is 4. The topological polar surface area (TPSA) is 90.5 Å². The van der Waals surface area contributed by atoms with Crippen molar-refractivity contribution in [1.29, 1.82) is 0 Å². The highest BCUT2D eigenvalue weighted by molar-refractivity contribution is 7.89. The number of nitrogens with one attached hydrogen (secondary N) is 3. The van der Waals surface area contributed by atoms with Crippen LogP contribution in [0.15, 0.2) is 0 Å². The molecule has 7 nitrogen and oxygen atoms in total. The van der Waals surface area contributed by atoms with E-state index in [9.17, 15) is 13.2 Å². The Morgan fingerprint density at radius 3 is 2.62 bits per heavy atom. The highest BCUT2D eigenvalue weighted by Crippen LogP contribution is 2.20. The minimum absolute atomic E-state index is 0.0645. The van der Waals surface area contributed by atoms with Gasteiger partial charge in [0, 0.05) is 19.1 Å². The maximum Gasteiger partial charge on any atom is 0.242 e. The Labute approximate surface area is 130 Å². The van der Waals surface area contributed by atoms with Crippen LogP contribution < -0.4 is 16.2 Å². The Bertz CT molecular complexity index is 505. The predicted octanol–water partition coefficient (Wildman–Crippen LogP) is -0.294. The Kier molecular flexibility index (Phi) is 5.39. The fraction of sp³-hybridized carbons (Fsp3) is 0.833. The van der Waals surface area contributed by atoms with E-state index in [1.807, 2.05) is 0 Å². The van der Waals surface area contributed by atoms with E-state index in [1.54, 1.807) is 6.92 Å². The second-order valence-corrected chi connectivity index (χ2v) is 8.13.